The smallest absolute Gasteiger partial charge is 0.251 e. The van der Waals surface area contributed by atoms with E-state index in [2.05, 4.69) is 21.2 Å². The molecular formula is C15H19BrFNO3. The van der Waals surface area contributed by atoms with Crippen LogP contribution in [0.2, 0.25) is 0 Å². The summed E-state index contributed by atoms with van der Waals surface area (Å²) in [6, 6.07) is 4.32. The topological polar surface area (TPSA) is 47.6 Å². The van der Waals surface area contributed by atoms with Crippen LogP contribution in [-0.2, 0) is 9.47 Å². The minimum atomic E-state index is -0.442. The third kappa shape index (κ3) is 5.37. The third-order valence-corrected chi connectivity index (χ3v) is 3.90. The molecule has 0 aliphatic carbocycles. The van der Waals surface area contributed by atoms with Crippen molar-refractivity contribution >= 4 is 21.8 Å². The number of carbonyl (C=O) groups is 1. The van der Waals surface area contributed by atoms with Crippen LogP contribution in [0.1, 0.15) is 29.6 Å². The molecule has 1 aromatic carbocycles. The second kappa shape index (κ2) is 8.46. The Hall–Kier alpha value is -0.980. The average molecular weight is 360 g/mol. The fourth-order valence-corrected chi connectivity index (χ4v) is 2.35. The summed E-state index contributed by atoms with van der Waals surface area (Å²) in [4.78, 5) is 11.8. The number of hydrogen-bond donors (Lipinski definition) is 1. The van der Waals surface area contributed by atoms with Gasteiger partial charge in [-0.05, 0) is 53.4 Å². The zero-order chi connectivity index (χ0) is 15.1. The van der Waals surface area contributed by atoms with Crippen molar-refractivity contribution in [3.63, 3.8) is 0 Å². The van der Waals surface area contributed by atoms with Crippen LogP contribution in [-0.4, -0.2) is 38.4 Å². The molecule has 1 atom stereocenters. The van der Waals surface area contributed by atoms with Crippen molar-refractivity contribution in [3.8, 4) is 0 Å². The van der Waals surface area contributed by atoms with E-state index in [0.717, 1.165) is 25.9 Å². The van der Waals surface area contributed by atoms with Crippen molar-refractivity contribution in [1.29, 1.82) is 0 Å². The monoisotopic (exact) mass is 359 g/mol. The molecule has 1 fully saturated rings. The van der Waals surface area contributed by atoms with Gasteiger partial charge in [0, 0.05) is 25.3 Å². The number of benzene rings is 1. The molecule has 0 spiro atoms. The predicted molar refractivity (Wildman–Crippen MR) is 80.8 cm³/mol. The molecule has 1 aliphatic rings. The molecule has 1 aliphatic heterocycles. The molecule has 1 N–H and O–H groups in total. The maximum absolute atomic E-state index is 13.3. The average Bonchev–Trinajstić information content (AvgIpc) is 2.98. The summed E-state index contributed by atoms with van der Waals surface area (Å²) in [6.45, 7) is 2.52. The van der Waals surface area contributed by atoms with Crippen molar-refractivity contribution in [2.45, 2.75) is 25.4 Å². The summed E-state index contributed by atoms with van der Waals surface area (Å²) in [5.41, 5.74) is 0.316. The Morgan fingerprint density at radius 1 is 1.52 bits per heavy atom. The molecule has 0 bridgehead atoms. The molecular weight excluding hydrogens is 341 g/mol. The first kappa shape index (κ1) is 16.4. The van der Waals surface area contributed by atoms with Gasteiger partial charge in [-0.1, -0.05) is 0 Å². The van der Waals surface area contributed by atoms with Crippen LogP contribution >= 0.6 is 15.9 Å². The minimum Gasteiger partial charge on any atom is -0.379 e. The van der Waals surface area contributed by atoms with Gasteiger partial charge < -0.3 is 14.8 Å². The second-order valence-electron chi connectivity index (χ2n) is 4.95. The molecule has 2 rings (SSSR count). The lowest BCUT2D eigenvalue weighted by Crippen LogP contribution is -2.25. The van der Waals surface area contributed by atoms with Crippen LogP contribution in [0.15, 0.2) is 22.7 Å². The van der Waals surface area contributed by atoms with Gasteiger partial charge in [0.15, 0.2) is 0 Å². The Labute approximate surface area is 132 Å². The quantitative estimate of drug-likeness (QED) is 0.761. The Balaban J connectivity index is 1.59. The third-order valence-electron chi connectivity index (χ3n) is 3.26. The number of rotatable bonds is 7. The van der Waals surface area contributed by atoms with E-state index in [0.29, 0.717) is 29.8 Å². The highest BCUT2D eigenvalue weighted by Gasteiger charge is 2.15. The van der Waals surface area contributed by atoms with Crippen LogP contribution in [0.25, 0.3) is 0 Å². The number of halogens is 2. The van der Waals surface area contributed by atoms with Gasteiger partial charge in [-0.3, -0.25) is 4.79 Å². The van der Waals surface area contributed by atoms with Crippen molar-refractivity contribution in [2.75, 3.05) is 26.4 Å². The summed E-state index contributed by atoms with van der Waals surface area (Å²) in [5.74, 6) is -0.719. The van der Waals surface area contributed by atoms with Gasteiger partial charge in [-0.25, -0.2) is 4.39 Å². The maximum Gasteiger partial charge on any atom is 0.251 e. The fourth-order valence-electron chi connectivity index (χ4n) is 2.11. The first-order valence-corrected chi connectivity index (χ1v) is 7.88. The van der Waals surface area contributed by atoms with E-state index in [1.807, 2.05) is 0 Å². The Bertz CT molecular complexity index is 478. The first-order valence-electron chi connectivity index (χ1n) is 7.09. The molecule has 6 heteroatoms. The first-order chi connectivity index (χ1) is 10.2. The molecule has 0 aromatic heterocycles. The van der Waals surface area contributed by atoms with E-state index in [4.69, 9.17) is 9.47 Å². The molecule has 1 heterocycles. The van der Waals surface area contributed by atoms with Gasteiger partial charge in [-0.2, -0.15) is 0 Å². The zero-order valence-electron chi connectivity index (χ0n) is 11.7. The number of amides is 1. The van der Waals surface area contributed by atoms with Crippen molar-refractivity contribution in [3.05, 3.63) is 34.1 Å². The molecule has 4 nitrogen and oxygen atoms in total. The molecule has 0 radical (unpaired) electrons. The highest BCUT2D eigenvalue weighted by molar-refractivity contribution is 9.10. The molecule has 0 saturated carbocycles. The van der Waals surface area contributed by atoms with Crippen LogP contribution < -0.4 is 5.32 Å². The Kier molecular flexibility index (Phi) is 6.60. The maximum atomic E-state index is 13.3. The molecule has 1 unspecified atom stereocenters. The van der Waals surface area contributed by atoms with Crippen LogP contribution in [0.4, 0.5) is 4.39 Å². The SMILES string of the molecule is O=C(NCCCOCC1CCCO1)c1ccc(Br)c(F)c1. The molecule has 21 heavy (non-hydrogen) atoms. The van der Waals surface area contributed by atoms with E-state index < -0.39 is 5.82 Å². The van der Waals surface area contributed by atoms with Crippen molar-refractivity contribution in [1.82, 2.24) is 5.32 Å². The van der Waals surface area contributed by atoms with Crippen molar-refractivity contribution < 1.29 is 18.7 Å². The van der Waals surface area contributed by atoms with Gasteiger partial charge >= 0.3 is 0 Å². The van der Waals surface area contributed by atoms with E-state index in [1.165, 1.54) is 12.1 Å². The standard InChI is InChI=1S/C15H19BrFNO3/c16-13-5-4-11(9-14(13)17)15(19)18-6-2-7-20-10-12-3-1-8-21-12/h4-5,9,12H,1-3,6-8,10H2,(H,18,19). The van der Waals surface area contributed by atoms with Crippen LogP contribution in [0.5, 0.6) is 0 Å². The van der Waals surface area contributed by atoms with Crippen molar-refractivity contribution in [2.24, 2.45) is 0 Å². The van der Waals surface area contributed by atoms with E-state index in [9.17, 15) is 9.18 Å². The summed E-state index contributed by atoms with van der Waals surface area (Å²) >= 11 is 3.05. The normalized spacial score (nSPS) is 17.9. The van der Waals surface area contributed by atoms with Gasteiger partial charge in [0.1, 0.15) is 5.82 Å². The summed E-state index contributed by atoms with van der Waals surface area (Å²) in [5, 5.41) is 2.74. The van der Waals surface area contributed by atoms with E-state index in [-0.39, 0.29) is 12.0 Å². The van der Waals surface area contributed by atoms with Gasteiger partial charge in [0.2, 0.25) is 0 Å². The van der Waals surface area contributed by atoms with Gasteiger partial charge in [-0.15, -0.1) is 0 Å². The van der Waals surface area contributed by atoms with Crippen LogP contribution in [0, 0.1) is 5.82 Å². The predicted octanol–water partition coefficient (Wildman–Crippen LogP) is 2.90. The molecule has 116 valence electrons. The lowest BCUT2D eigenvalue weighted by Gasteiger charge is -2.10. The Morgan fingerprint density at radius 2 is 2.38 bits per heavy atom. The highest BCUT2D eigenvalue weighted by Crippen LogP contribution is 2.16. The van der Waals surface area contributed by atoms with E-state index >= 15 is 0 Å². The summed E-state index contributed by atoms with van der Waals surface area (Å²) in [7, 11) is 0. The number of nitrogens with one attached hydrogen (secondary N) is 1. The molecule has 1 amide bonds. The lowest BCUT2D eigenvalue weighted by atomic mass is 10.2. The van der Waals surface area contributed by atoms with Gasteiger partial charge in [0.25, 0.3) is 5.91 Å². The largest absolute Gasteiger partial charge is 0.379 e. The number of carbonyl (C=O) groups excluding carboxylic acids is 1. The fraction of sp³-hybridized carbons (Fsp3) is 0.533. The summed E-state index contributed by atoms with van der Waals surface area (Å²) < 4.78 is 24.6. The second-order valence-corrected chi connectivity index (χ2v) is 5.80. The number of ether oxygens (including phenoxy) is 2. The van der Waals surface area contributed by atoms with Gasteiger partial charge in [0.05, 0.1) is 17.2 Å². The minimum absolute atomic E-state index is 0.227. The summed E-state index contributed by atoms with van der Waals surface area (Å²) in [6.07, 6.45) is 3.11. The van der Waals surface area contributed by atoms with Crippen LogP contribution in [0.3, 0.4) is 0 Å². The molecule has 1 aromatic rings. The Morgan fingerprint density at radius 3 is 3.10 bits per heavy atom. The number of hydrogen-bond acceptors (Lipinski definition) is 3. The van der Waals surface area contributed by atoms with E-state index in [1.54, 1.807) is 6.07 Å². The molecule has 1 saturated heterocycles. The highest BCUT2D eigenvalue weighted by atomic mass is 79.9. The zero-order valence-corrected chi connectivity index (χ0v) is 13.3. The lowest BCUT2D eigenvalue weighted by molar-refractivity contribution is 0.0166.